The molecular formula is C26H25F3N2O2S. The van der Waals surface area contributed by atoms with Crippen LogP contribution in [-0.4, -0.2) is 23.3 Å². The van der Waals surface area contributed by atoms with Gasteiger partial charge in [-0.25, -0.2) is 0 Å². The first-order valence-electron chi connectivity index (χ1n) is 11.1. The molecule has 1 aliphatic rings. The molecule has 1 unspecified atom stereocenters. The van der Waals surface area contributed by atoms with Crippen LogP contribution in [0.1, 0.15) is 51.6 Å². The quantitative estimate of drug-likeness (QED) is 0.490. The van der Waals surface area contributed by atoms with Gasteiger partial charge in [-0.1, -0.05) is 42.5 Å². The molecule has 1 aliphatic heterocycles. The van der Waals surface area contributed by atoms with E-state index in [0.29, 0.717) is 12.1 Å². The van der Waals surface area contributed by atoms with Gasteiger partial charge in [0.15, 0.2) is 0 Å². The second-order valence-corrected chi connectivity index (χ2v) is 9.37. The number of halogens is 3. The Morgan fingerprint density at radius 1 is 1.09 bits per heavy atom. The van der Waals surface area contributed by atoms with Gasteiger partial charge in [0.2, 0.25) is 11.8 Å². The number of hydrogen-bond acceptors (Lipinski definition) is 3. The van der Waals surface area contributed by atoms with E-state index in [2.05, 4.69) is 11.4 Å². The first-order chi connectivity index (χ1) is 16.2. The SMILES string of the molecule is Cc1ccc(CNC(=O)CCC(=O)N2CCc3sccc3C2c2ccccc2)cc1C(F)(F)F. The standard InChI is InChI=1S/C26H25F3N2O2S/c1-17-7-8-18(15-21(17)26(27,28)29)16-30-23(32)9-10-24(33)31-13-11-22-20(12-14-34-22)25(31)19-5-3-2-4-6-19/h2-8,12,14-15,25H,9-11,13,16H2,1H3,(H,30,32). The summed E-state index contributed by atoms with van der Waals surface area (Å²) >= 11 is 1.69. The number of benzene rings is 2. The maximum absolute atomic E-state index is 13.1. The number of carbonyl (C=O) groups is 2. The number of amides is 2. The average Bonchev–Trinajstić information content (AvgIpc) is 3.30. The molecule has 4 nitrogen and oxygen atoms in total. The van der Waals surface area contributed by atoms with Crippen molar-refractivity contribution in [1.82, 2.24) is 10.2 Å². The number of aryl methyl sites for hydroxylation is 1. The topological polar surface area (TPSA) is 49.4 Å². The first-order valence-corrected chi connectivity index (χ1v) is 12.0. The van der Waals surface area contributed by atoms with Crippen molar-refractivity contribution >= 4 is 23.2 Å². The number of fused-ring (bicyclic) bond motifs is 1. The summed E-state index contributed by atoms with van der Waals surface area (Å²) in [7, 11) is 0. The molecule has 4 rings (SSSR count). The van der Waals surface area contributed by atoms with Crippen molar-refractivity contribution in [1.29, 1.82) is 0 Å². The fourth-order valence-corrected chi connectivity index (χ4v) is 5.22. The Bertz CT molecular complexity index is 1170. The van der Waals surface area contributed by atoms with Gasteiger partial charge in [-0.3, -0.25) is 9.59 Å². The van der Waals surface area contributed by atoms with Gasteiger partial charge in [0.1, 0.15) is 0 Å². The number of rotatable bonds is 6. The van der Waals surface area contributed by atoms with Crippen molar-refractivity contribution in [3.8, 4) is 0 Å². The number of alkyl halides is 3. The Hall–Kier alpha value is -3.13. The minimum Gasteiger partial charge on any atom is -0.352 e. The van der Waals surface area contributed by atoms with E-state index in [1.807, 2.05) is 40.6 Å². The summed E-state index contributed by atoms with van der Waals surface area (Å²) in [5.41, 5.74) is 1.94. The van der Waals surface area contributed by atoms with E-state index in [0.717, 1.165) is 23.6 Å². The van der Waals surface area contributed by atoms with Crippen LogP contribution in [0.4, 0.5) is 13.2 Å². The van der Waals surface area contributed by atoms with Crippen LogP contribution in [0, 0.1) is 6.92 Å². The fourth-order valence-electron chi connectivity index (χ4n) is 4.32. The third-order valence-electron chi connectivity index (χ3n) is 6.06. The lowest BCUT2D eigenvalue weighted by molar-refractivity contribution is -0.138. The zero-order valence-corrected chi connectivity index (χ0v) is 19.5. The molecule has 1 aromatic heterocycles. The van der Waals surface area contributed by atoms with Crippen molar-refractivity contribution in [2.75, 3.05) is 6.54 Å². The van der Waals surface area contributed by atoms with Gasteiger partial charge in [0, 0.05) is 30.8 Å². The largest absolute Gasteiger partial charge is 0.416 e. The maximum atomic E-state index is 13.1. The van der Waals surface area contributed by atoms with Crippen molar-refractivity contribution in [2.24, 2.45) is 0 Å². The molecule has 2 aromatic carbocycles. The summed E-state index contributed by atoms with van der Waals surface area (Å²) in [5, 5.41) is 4.67. The molecule has 0 spiro atoms. The van der Waals surface area contributed by atoms with Gasteiger partial charge in [0.25, 0.3) is 0 Å². The number of carbonyl (C=O) groups excluding carboxylic acids is 2. The summed E-state index contributed by atoms with van der Waals surface area (Å²) in [4.78, 5) is 28.6. The minimum absolute atomic E-state index is 0.0225. The van der Waals surface area contributed by atoms with Crippen molar-refractivity contribution < 1.29 is 22.8 Å². The second-order valence-electron chi connectivity index (χ2n) is 8.37. The smallest absolute Gasteiger partial charge is 0.352 e. The fraction of sp³-hybridized carbons (Fsp3) is 0.308. The van der Waals surface area contributed by atoms with Crippen LogP contribution in [-0.2, 0) is 28.7 Å². The summed E-state index contributed by atoms with van der Waals surface area (Å²) in [6, 6.07) is 15.7. The lowest BCUT2D eigenvalue weighted by Gasteiger charge is -2.36. The number of nitrogens with one attached hydrogen (secondary N) is 1. The van der Waals surface area contributed by atoms with Gasteiger partial charge in [0.05, 0.1) is 11.6 Å². The molecule has 0 bridgehead atoms. The predicted molar refractivity (Wildman–Crippen MR) is 125 cm³/mol. The van der Waals surface area contributed by atoms with Crippen LogP contribution in [0.2, 0.25) is 0 Å². The monoisotopic (exact) mass is 486 g/mol. The van der Waals surface area contributed by atoms with Crippen molar-refractivity contribution in [3.05, 3.63) is 92.7 Å². The van der Waals surface area contributed by atoms with Crippen molar-refractivity contribution in [2.45, 2.75) is 44.9 Å². The normalized spacial score (nSPS) is 15.6. The number of thiophene rings is 1. The molecule has 1 N–H and O–H groups in total. The maximum Gasteiger partial charge on any atom is 0.416 e. The van der Waals surface area contributed by atoms with Crippen LogP contribution in [0.5, 0.6) is 0 Å². The summed E-state index contributed by atoms with van der Waals surface area (Å²) in [6.07, 6.45) is -3.65. The average molecular weight is 487 g/mol. The molecule has 0 aliphatic carbocycles. The first kappa shape index (κ1) is 24.0. The van der Waals surface area contributed by atoms with E-state index < -0.39 is 11.7 Å². The van der Waals surface area contributed by atoms with Crippen molar-refractivity contribution in [3.63, 3.8) is 0 Å². The molecule has 3 aromatic rings. The Morgan fingerprint density at radius 2 is 1.85 bits per heavy atom. The zero-order valence-electron chi connectivity index (χ0n) is 18.7. The molecule has 8 heteroatoms. The molecule has 178 valence electrons. The van der Waals surface area contributed by atoms with E-state index >= 15 is 0 Å². The molecule has 34 heavy (non-hydrogen) atoms. The van der Waals surface area contributed by atoms with E-state index in [9.17, 15) is 22.8 Å². The van der Waals surface area contributed by atoms with Crippen LogP contribution < -0.4 is 5.32 Å². The predicted octanol–water partition coefficient (Wildman–Crippen LogP) is 5.65. The van der Waals surface area contributed by atoms with E-state index in [1.54, 1.807) is 17.4 Å². The molecular weight excluding hydrogens is 461 g/mol. The third kappa shape index (κ3) is 5.33. The second kappa shape index (κ2) is 10.0. The molecule has 0 fully saturated rings. The highest BCUT2D eigenvalue weighted by Gasteiger charge is 2.33. The Balaban J connectivity index is 1.37. The zero-order chi connectivity index (χ0) is 24.3. The van der Waals surface area contributed by atoms with Crippen LogP contribution in [0.3, 0.4) is 0 Å². The lowest BCUT2D eigenvalue weighted by Crippen LogP contribution is -2.40. The highest BCUT2D eigenvalue weighted by molar-refractivity contribution is 7.10. The van der Waals surface area contributed by atoms with Crippen LogP contribution in [0.25, 0.3) is 0 Å². The number of nitrogens with zero attached hydrogens (tertiary/aromatic N) is 1. The minimum atomic E-state index is -4.44. The molecule has 0 saturated carbocycles. The van der Waals surface area contributed by atoms with Gasteiger partial charge >= 0.3 is 6.18 Å². The molecule has 0 radical (unpaired) electrons. The summed E-state index contributed by atoms with van der Waals surface area (Å²) in [6.45, 7) is 1.96. The van der Waals surface area contributed by atoms with E-state index in [4.69, 9.17) is 0 Å². The highest BCUT2D eigenvalue weighted by Crippen LogP contribution is 2.38. The van der Waals surface area contributed by atoms with Crippen LogP contribution in [0.15, 0.2) is 60.0 Å². The van der Waals surface area contributed by atoms with Gasteiger partial charge in [-0.2, -0.15) is 13.2 Å². The third-order valence-corrected chi connectivity index (χ3v) is 7.06. The van der Waals surface area contributed by atoms with Gasteiger partial charge in [-0.05, 0) is 53.1 Å². The molecule has 1 atom stereocenters. The van der Waals surface area contributed by atoms with E-state index in [1.165, 1.54) is 17.9 Å². The highest BCUT2D eigenvalue weighted by atomic mass is 32.1. The Morgan fingerprint density at radius 3 is 2.59 bits per heavy atom. The Labute approximate surface area is 200 Å². The van der Waals surface area contributed by atoms with Crippen LogP contribution >= 0.6 is 11.3 Å². The number of hydrogen-bond donors (Lipinski definition) is 1. The lowest BCUT2D eigenvalue weighted by atomic mass is 9.93. The van der Waals surface area contributed by atoms with Gasteiger partial charge < -0.3 is 10.2 Å². The van der Waals surface area contributed by atoms with E-state index in [-0.39, 0.29) is 42.8 Å². The Kier molecular flexibility index (Phi) is 7.07. The summed E-state index contributed by atoms with van der Waals surface area (Å²) in [5.74, 6) is -0.484. The van der Waals surface area contributed by atoms with Gasteiger partial charge in [-0.15, -0.1) is 11.3 Å². The summed E-state index contributed by atoms with van der Waals surface area (Å²) < 4.78 is 39.3. The molecule has 2 amide bonds. The molecule has 0 saturated heterocycles. The molecule has 2 heterocycles.